The fourth-order valence-corrected chi connectivity index (χ4v) is 3.83. The van der Waals surface area contributed by atoms with Gasteiger partial charge in [-0.25, -0.2) is 0 Å². The van der Waals surface area contributed by atoms with Gasteiger partial charge in [0.15, 0.2) is 0 Å². The second kappa shape index (κ2) is 4.40. The van der Waals surface area contributed by atoms with Crippen molar-refractivity contribution in [2.75, 3.05) is 5.73 Å². The van der Waals surface area contributed by atoms with Crippen molar-refractivity contribution >= 4 is 29.0 Å². The van der Waals surface area contributed by atoms with Gasteiger partial charge in [0.2, 0.25) is 0 Å². The minimum atomic E-state index is 0.137. The van der Waals surface area contributed by atoms with Gasteiger partial charge >= 0.3 is 0 Å². The lowest BCUT2D eigenvalue weighted by atomic mass is 10.0. The van der Waals surface area contributed by atoms with Gasteiger partial charge in [0, 0.05) is 27.2 Å². The predicted octanol–water partition coefficient (Wildman–Crippen LogP) is 4.51. The van der Waals surface area contributed by atoms with Crippen LogP contribution in [0.15, 0.2) is 18.2 Å². The van der Waals surface area contributed by atoms with Crippen molar-refractivity contribution in [3.63, 3.8) is 0 Å². The Labute approximate surface area is 128 Å². The zero-order chi connectivity index (χ0) is 14.7. The SMILES string of the molecule is Cc1c(N)n[nH]c1C1C(c2cc(Cl)cc(Cl)c2)C1(C)C. The minimum absolute atomic E-state index is 0.137. The summed E-state index contributed by atoms with van der Waals surface area (Å²) in [7, 11) is 0. The first-order valence-electron chi connectivity index (χ1n) is 6.58. The molecule has 1 heterocycles. The maximum atomic E-state index is 6.12. The molecule has 0 saturated heterocycles. The van der Waals surface area contributed by atoms with Gasteiger partial charge < -0.3 is 5.73 Å². The van der Waals surface area contributed by atoms with E-state index < -0.39 is 0 Å². The predicted molar refractivity (Wildman–Crippen MR) is 83.5 cm³/mol. The first-order valence-corrected chi connectivity index (χ1v) is 7.34. The van der Waals surface area contributed by atoms with Gasteiger partial charge in [0.1, 0.15) is 5.82 Å². The molecule has 0 radical (unpaired) electrons. The number of nitrogens with two attached hydrogens (primary N) is 1. The number of anilines is 1. The maximum absolute atomic E-state index is 6.12. The number of aromatic amines is 1. The Morgan fingerprint density at radius 1 is 1.15 bits per heavy atom. The monoisotopic (exact) mass is 309 g/mol. The number of benzene rings is 1. The third-order valence-electron chi connectivity index (χ3n) is 4.47. The summed E-state index contributed by atoms with van der Waals surface area (Å²) in [5.41, 5.74) is 9.31. The molecule has 1 fully saturated rings. The molecule has 3 rings (SSSR count). The molecule has 20 heavy (non-hydrogen) atoms. The van der Waals surface area contributed by atoms with Crippen molar-refractivity contribution in [3.8, 4) is 0 Å². The van der Waals surface area contributed by atoms with E-state index in [0.717, 1.165) is 11.3 Å². The molecule has 5 heteroatoms. The molecule has 1 aromatic heterocycles. The van der Waals surface area contributed by atoms with Crippen molar-refractivity contribution in [1.82, 2.24) is 10.2 Å². The number of nitrogens with one attached hydrogen (secondary N) is 1. The number of halogens is 2. The first-order chi connectivity index (χ1) is 9.32. The molecule has 0 aliphatic heterocycles. The van der Waals surface area contributed by atoms with Crippen LogP contribution in [0.5, 0.6) is 0 Å². The number of H-pyrrole nitrogens is 1. The average Bonchev–Trinajstić information content (AvgIpc) is 2.75. The molecular weight excluding hydrogens is 293 g/mol. The molecule has 3 N–H and O–H groups in total. The normalized spacial score (nSPS) is 23.9. The highest BCUT2D eigenvalue weighted by molar-refractivity contribution is 6.34. The molecule has 2 aromatic rings. The quantitative estimate of drug-likeness (QED) is 0.857. The molecule has 2 atom stereocenters. The van der Waals surface area contributed by atoms with Crippen molar-refractivity contribution in [2.45, 2.75) is 32.6 Å². The average molecular weight is 310 g/mol. The van der Waals surface area contributed by atoms with E-state index in [4.69, 9.17) is 28.9 Å². The van der Waals surface area contributed by atoms with Gasteiger partial charge in [-0.2, -0.15) is 5.10 Å². The van der Waals surface area contributed by atoms with Gasteiger partial charge in [0.25, 0.3) is 0 Å². The highest BCUT2D eigenvalue weighted by atomic mass is 35.5. The number of nitrogens with zero attached hydrogens (tertiary/aromatic N) is 1. The van der Waals surface area contributed by atoms with Crippen LogP contribution >= 0.6 is 23.2 Å². The second-order valence-corrected chi connectivity index (χ2v) is 7.00. The summed E-state index contributed by atoms with van der Waals surface area (Å²) < 4.78 is 0. The van der Waals surface area contributed by atoms with E-state index in [0.29, 0.717) is 27.7 Å². The van der Waals surface area contributed by atoms with Crippen LogP contribution in [0.3, 0.4) is 0 Å². The van der Waals surface area contributed by atoms with Gasteiger partial charge in [-0.15, -0.1) is 0 Å². The Kier molecular flexibility index (Phi) is 3.03. The van der Waals surface area contributed by atoms with Crippen molar-refractivity contribution < 1.29 is 0 Å². The molecule has 3 nitrogen and oxygen atoms in total. The third-order valence-corrected chi connectivity index (χ3v) is 4.90. The fraction of sp³-hybridized carbons (Fsp3) is 0.400. The molecule has 1 aromatic carbocycles. The van der Waals surface area contributed by atoms with Crippen LogP contribution in [0.25, 0.3) is 0 Å². The molecule has 0 amide bonds. The van der Waals surface area contributed by atoms with E-state index in [1.807, 2.05) is 19.1 Å². The summed E-state index contributed by atoms with van der Waals surface area (Å²) in [4.78, 5) is 0. The Balaban J connectivity index is 2.01. The number of nitrogen functional groups attached to an aromatic ring is 1. The maximum Gasteiger partial charge on any atom is 0.148 e. The van der Waals surface area contributed by atoms with Crippen LogP contribution in [-0.4, -0.2) is 10.2 Å². The third kappa shape index (κ3) is 2.00. The van der Waals surface area contributed by atoms with E-state index >= 15 is 0 Å². The summed E-state index contributed by atoms with van der Waals surface area (Å²) in [6.45, 7) is 6.49. The summed E-state index contributed by atoms with van der Waals surface area (Å²) in [5, 5.41) is 8.54. The van der Waals surface area contributed by atoms with Crippen molar-refractivity contribution in [3.05, 3.63) is 45.1 Å². The zero-order valence-corrected chi connectivity index (χ0v) is 13.2. The van der Waals surface area contributed by atoms with Gasteiger partial charge in [0.05, 0.1) is 0 Å². The molecule has 1 aliphatic rings. The largest absolute Gasteiger partial charge is 0.382 e. The van der Waals surface area contributed by atoms with Crippen LogP contribution in [0.4, 0.5) is 5.82 Å². The molecule has 1 saturated carbocycles. The smallest absolute Gasteiger partial charge is 0.148 e. The number of hydrogen-bond acceptors (Lipinski definition) is 2. The highest BCUT2D eigenvalue weighted by Gasteiger charge is 2.60. The number of aromatic nitrogens is 2. The first kappa shape index (κ1) is 13.8. The van der Waals surface area contributed by atoms with Crippen LogP contribution in [-0.2, 0) is 0 Å². The van der Waals surface area contributed by atoms with E-state index in [-0.39, 0.29) is 5.41 Å². The van der Waals surface area contributed by atoms with E-state index in [9.17, 15) is 0 Å². The lowest BCUT2D eigenvalue weighted by molar-refractivity contribution is 0.596. The Hall–Kier alpha value is -1.19. The Morgan fingerprint density at radius 3 is 2.25 bits per heavy atom. The molecule has 0 spiro atoms. The lowest BCUT2D eigenvalue weighted by Crippen LogP contribution is -1.93. The summed E-state index contributed by atoms with van der Waals surface area (Å²) in [6.07, 6.45) is 0. The zero-order valence-electron chi connectivity index (χ0n) is 11.7. The van der Waals surface area contributed by atoms with Gasteiger partial charge in [-0.3, -0.25) is 5.10 Å². The second-order valence-electron chi connectivity index (χ2n) is 6.13. The molecule has 0 bridgehead atoms. The molecule has 2 unspecified atom stereocenters. The van der Waals surface area contributed by atoms with Gasteiger partial charge in [-0.05, 0) is 42.0 Å². The lowest BCUT2D eigenvalue weighted by Gasteiger charge is -2.04. The molecule has 106 valence electrons. The van der Waals surface area contributed by atoms with Crippen LogP contribution < -0.4 is 5.73 Å². The summed E-state index contributed by atoms with van der Waals surface area (Å²) in [6, 6.07) is 5.75. The highest BCUT2D eigenvalue weighted by Crippen LogP contribution is 2.70. The Morgan fingerprint density at radius 2 is 1.75 bits per heavy atom. The topological polar surface area (TPSA) is 54.7 Å². The van der Waals surface area contributed by atoms with Crippen molar-refractivity contribution in [1.29, 1.82) is 0 Å². The summed E-state index contributed by atoms with van der Waals surface area (Å²) >= 11 is 12.2. The van der Waals surface area contributed by atoms with E-state index in [1.54, 1.807) is 6.07 Å². The Bertz CT molecular complexity index is 656. The molecule has 1 aliphatic carbocycles. The minimum Gasteiger partial charge on any atom is -0.382 e. The summed E-state index contributed by atoms with van der Waals surface area (Å²) in [5.74, 6) is 1.31. The van der Waals surface area contributed by atoms with Crippen LogP contribution in [0.1, 0.15) is 42.5 Å². The molecular formula is C15H17Cl2N3. The van der Waals surface area contributed by atoms with Gasteiger partial charge in [-0.1, -0.05) is 37.0 Å². The van der Waals surface area contributed by atoms with Crippen LogP contribution in [0.2, 0.25) is 10.0 Å². The van der Waals surface area contributed by atoms with E-state index in [1.165, 1.54) is 5.56 Å². The van der Waals surface area contributed by atoms with Crippen molar-refractivity contribution in [2.24, 2.45) is 5.41 Å². The standard InChI is InChI=1S/C15H17Cl2N3/c1-7-13(19-20-14(7)18)12-11(15(12,2)3)8-4-9(16)6-10(17)5-8/h4-6,11-12H,1-3H3,(H3,18,19,20). The van der Waals surface area contributed by atoms with E-state index in [2.05, 4.69) is 24.0 Å². The number of hydrogen-bond donors (Lipinski definition) is 2. The fourth-order valence-electron chi connectivity index (χ4n) is 3.28. The number of rotatable bonds is 2. The van der Waals surface area contributed by atoms with Crippen LogP contribution in [0, 0.1) is 12.3 Å².